The zero-order valence-corrected chi connectivity index (χ0v) is 15.2. The summed E-state index contributed by atoms with van der Waals surface area (Å²) in [6, 6.07) is 5.98. The third kappa shape index (κ3) is 10.4. The van der Waals surface area contributed by atoms with E-state index in [0.717, 1.165) is 31.4 Å². The largest absolute Gasteiger partial charge is 0.326 e. The molecule has 0 unspecified atom stereocenters. The quantitative estimate of drug-likeness (QED) is 0.223. The number of nitro benzene ring substituents is 1. The molecule has 0 aromatic heterocycles. The van der Waals surface area contributed by atoms with E-state index in [1.807, 2.05) is 0 Å². The van der Waals surface area contributed by atoms with Gasteiger partial charge in [-0.25, -0.2) is 0 Å². The number of non-ortho nitro benzene ring substituents is 1. The summed E-state index contributed by atoms with van der Waals surface area (Å²) in [5.74, 6) is 0.825. The van der Waals surface area contributed by atoms with Crippen LogP contribution in [0.5, 0.6) is 0 Å². The number of carbonyl (C=O) groups is 1. The molecule has 0 bridgehead atoms. The van der Waals surface area contributed by atoms with Gasteiger partial charge in [-0.3, -0.25) is 14.9 Å². The minimum atomic E-state index is -0.474. The van der Waals surface area contributed by atoms with E-state index >= 15 is 0 Å². The molecule has 0 aliphatic heterocycles. The number of anilines is 1. The lowest BCUT2D eigenvalue weighted by Crippen LogP contribution is -2.11. The summed E-state index contributed by atoms with van der Waals surface area (Å²) < 4.78 is 0. The summed E-state index contributed by atoms with van der Waals surface area (Å²) in [6.45, 7) is 0. The van der Waals surface area contributed by atoms with Crippen molar-refractivity contribution in [1.29, 1.82) is 5.26 Å². The average molecular weight is 363 g/mol. The molecule has 0 heterocycles. The predicted molar refractivity (Wildman–Crippen MR) is 101 cm³/mol. The highest BCUT2D eigenvalue weighted by atomic mass is 32.2. The summed E-state index contributed by atoms with van der Waals surface area (Å²) in [6.07, 6.45) is 9.29. The Morgan fingerprint density at radius 1 is 1.12 bits per heavy atom. The molecule has 7 heteroatoms. The topological polar surface area (TPSA) is 96.0 Å². The van der Waals surface area contributed by atoms with Crippen molar-refractivity contribution in [2.24, 2.45) is 0 Å². The maximum absolute atomic E-state index is 11.8. The maximum Gasteiger partial charge on any atom is 0.271 e. The number of carbonyl (C=O) groups excluding carboxylic acids is 1. The number of rotatable bonds is 13. The molecule has 0 fully saturated rings. The number of amides is 1. The highest BCUT2D eigenvalue weighted by molar-refractivity contribution is 8.03. The van der Waals surface area contributed by atoms with Gasteiger partial charge in [0.25, 0.3) is 5.69 Å². The van der Waals surface area contributed by atoms with Crippen LogP contribution in [0, 0.1) is 20.8 Å². The fraction of sp³-hybridized carbons (Fsp3) is 0.556. The molecule has 25 heavy (non-hydrogen) atoms. The summed E-state index contributed by atoms with van der Waals surface area (Å²) in [7, 11) is 0. The van der Waals surface area contributed by atoms with Crippen LogP contribution in [-0.2, 0) is 4.79 Å². The van der Waals surface area contributed by atoms with Gasteiger partial charge >= 0.3 is 0 Å². The van der Waals surface area contributed by atoms with Gasteiger partial charge < -0.3 is 5.32 Å². The molecule has 0 aliphatic rings. The molecule has 0 radical (unpaired) electrons. The van der Waals surface area contributed by atoms with Crippen molar-refractivity contribution < 1.29 is 9.72 Å². The van der Waals surface area contributed by atoms with E-state index in [4.69, 9.17) is 5.26 Å². The summed E-state index contributed by atoms with van der Waals surface area (Å²) in [5.41, 5.74) is 0.442. The first-order chi connectivity index (χ1) is 12.1. The van der Waals surface area contributed by atoms with Gasteiger partial charge in [0.1, 0.15) is 5.40 Å². The van der Waals surface area contributed by atoms with E-state index in [-0.39, 0.29) is 11.6 Å². The van der Waals surface area contributed by atoms with Crippen LogP contribution in [0.15, 0.2) is 24.3 Å². The fourth-order valence-corrected chi connectivity index (χ4v) is 2.93. The second-order valence-corrected chi connectivity index (χ2v) is 6.75. The Bertz CT molecular complexity index is 587. The van der Waals surface area contributed by atoms with Gasteiger partial charge in [-0.15, -0.1) is 0 Å². The van der Waals surface area contributed by atoms with Crippen molar-refractivity contribution in [2.75, 3.05) is 11.1 Å². The summed E-state index contributed by atoms with van der Waals surface area (Å²) in [4.78, 5) is 22.1. The molecule has 0 aliphatic carbocycles. The van der Waals surface area contributed by atoms with Crippen LogP contribution >= 0.6 is 11.8 Å². The zero-order chi connectivity index (χ0) is 18.3. The molecular weight excluding hydrogens is 338 g/mol. The van der Waals surface area contributed by atoms with E-state index in [1.54, 1.807) is 12.1 Å². The van der Waals surface area contributed by atoms with Crippen molar-refractivity contribution >= 4 is 29.0 Å². The van der Waals surface area contributed by atoms with Gasteiger partial charge in [-0.2, -0.15) is 5.26 Å². The molecular formula is C18H25N3O3S. The minimum absolute atomic E-state index is 0.0241. The minimum Gasteiger partial charge on any atom is -0.326 e. The monoisotopic (exact) mass is 363 g/mol. The van der Waals surface area contributed by atoms with Gasteiger partial charge in [0, 0.05) is 30.0 Å². The third-order valence-corrected chi connectivity index (χ3v) is 4.43. The van der Waals surface area contributed by atoms with E-state index in [1.165, 1.54) is 49.6 Å². The number of nitrogens with one attached hydrogen (secondary N) is 1. The van der Waals surface area contributed by atoms with Gasteiger partial charge in [0.05, 0.1) is 4.92 Å². The predicted octanol–water partition coefficient (Wildman–Crippen LogP) is 5.26. The number of nitro groups is 1. The number of thiocyanates is 1. The van der Waals surface area contributed by atoms with Crippen molar-refractivity contribution in [2.45, 2.75) is 57.8 Å². The molecule has 1 rings (SSSR count). The molecule has 136 valence electrons. The van der Waals surface area contributed by atoms with Crippen molar-refractivity contribution in [3.05, 3.63) is 34.4 Å². The van der Waals surface area contributed by atoms with Crippen molar-refractivity contribution in [3.63, 3.8) is 0 Å². The average Bonchev–Trinajstić information content (AvgIpc) is 2.60. The lowest BCUT2D eigenvalue weighted by atomic mass is 10.1. The molecule has 0 saturated heterocycles. The number of nitriles is 1. The van der Waals surface area contributed by atoms with Gasteiger partial charge in [0.2, 0.25) is 5.91 Å². The standard InChI is InChI=1S/C18H25N3O3S/c19-15-25-13-8-6-4-2-1-3-5-7-12-18(22)20-16-10-9-11-17(14-16)21(23)24/h9-11,14H,1-8,12-13H2,(H,20,22). The SMILES string of the molecule is N#CSCCCCCCCCCCC(=O)Nc1cccc([N+](=O)[O-])c1. The van der Waals surface area contributed by atoms with Crippen molar-refractivity contribution in [1.82, 2.24) is 0 Å². The first kappa shape index (κ1) is 21.0. The molecule has 1 aromatic rings. The van der Waals surface area contributed by atoms with Gasteiger partial charge in [-0.05, 0) is 30.7 Å². The molecule has 1 aromatic carbocycles. The Balaban J connectivity index is 2.03. The molecule has 6 nitrogen and oxygen atoms in total. The highest BCUT2D eigenvalue weighted by Gasteiger charge is 2.07. The zero-order valence-electron chi connectivity index (χ0n) is 14.4. The third-order valence-electron chi connectivity index (χ3n) is 3.81. The van der Waals surface area contributed by atoms with Crippen molar-refractivity contribution in [3.8, 4) is 5.40 Å². The van der Waals surface area contributed by atoms with Crippen LogP contribution in [0.25, 0.3) is 0 Å². The Labute approximate surface area is 153 Å². The van der Waals surface area contributed by atoms with Gasteiger partial charge in [0.15, 0.2) is 0 Å². The Kier molecular flexibility index (Phi) is 11.1. The second-order valence-electron chi connectivity index (χ2n) is 5.87. The van der Waals surface area contributed by atoms with Gasteiger partial charge in [-0.1, -0.05) is 44.6 Å². The molecule has 0 saturated carbocycles. The lowest BCUT2D eigenvalue weighted by molar-refractivity contribution is -0.384. The number of benzene rings is 1. The van der Waals surface area contributed by atoms with E-state index in [2.05, 4.69) is 10.7 Å². The van der Waals surface area contributed by atoms with Crippen LogP contribution < -0.4 is 5.32 Å². The number of nitrogens with zero attached hydrogens (tertiary/aromatic N) is 2. The van der Waals surface area contributed by atoms with E-state index in [0.29, 0.717) is 12.1 Å². The number of hydrogen-bond donors (Lipinski definition) is 1. The molecule has 0 spiro atoms. The smallest absolute Gasteiger partial charge is 0.271 e. The normalized spacial score (nSPS) is 10.2. The Hall–Kier alpha value is -2.07. The van der Waals surface area contributed by atoms with Crippen LogP contribution in [0.2, 0.25) is 0 Å². The summed E-state index contributed by atoms with van der Waals surface area (Å²) in [5, 5.41) is 23.9. The Morgan fingerprint density at radius 2 is 1.76 bits per heavy atom. The van der Waals surface area contributed by atoms with E-state index < -0.39 is 4.92 Å². The fourth-order valence-electron chi connectivity index (χ4n) is 2.49. The summed E-state index contributed by atoms with van der Waals surface area (Å²) >= 11 is 1.32. The Morgan fingerprint density at radius 3 is 2.40 bits per heavy atom. The number of thioether (sulfide) groups is 1. The second kappa shape index (κ2) is 13.2. The van der Waals surface area contributed by atoms with E-state index in [9.17, 15) is 14.9 Å². The van der Waals surface area contributed by atoms with Crippen LogP contribution in [0.3, 0.4) is 0 Å². The first-order valence-corrected chi connectivity index (χ1v) is 9.67. The lowest BCUT2D eigenvalue weighted by Gasteiger charge is -2.05. The first-order valence-electron chi connectivity index (χ1n) is 8.68. The highest BCUT2D eigenvalue weighted by Crippen LogP contribution is 2.17. The van der Waals surface area contributed by atoms with Crippen LogP contribution in [0.4, 0.5) is 11.4 Å². The number of unbranched alkanes of at least 4 members (excludes halogenated alkanes) is 7. The molecule has 1 N–H and O–H groups in total. The molecule has 1 amide bonds. The maximum atomic E-state index is 11.8. The number of hydrogen-bond acceptors (Lipinski definition) is 5. The molecule has 0 atom stereocenters. The van der Waals surface area contributed by atoms with Crippen LogP contribution in [-0.4, -0.2) is 16.6 Å². The van der Waals surface area contributed by atoms with Crippen LogP contribution in [0.1, 0.15) is 57.8 Å².